The van der Waals surface area contributed by atoms with E-state index in [0.717, 1.165) is 5.69 Å². The zero-order chi connectivity index (χ0) is 76.7. The van der Waals surface area contributed by atoms with Crippen LogP contribution >= 0.6 is 0 Å². The smallest absolute Gasteiger partial charge is 0.0734 e. The SMILES string of the molecule is CC1(C)c2ccccc2-c2cccc(-n3c4ccccc4c4cc(-c5ccc6c(c5)c5ccccc5n6-c5cccc(-c6ccccc6)c5)ccc43)c21.c1ccc(-c2cccc(-n3c4ccccc4c4cc(-c5ccc6c(c5)c5ccccc5n6-c5cccc6c5C(c5ccccc5)(c5ccccc5)c5ccccc5-6)ccc43)c2)cc1. The van der Waals surface area contributed by atoms with Crippen LogP contribution in [0.5, 0.6) is 0 Å². The van der Waals surface area contributed by atoms with Gasteiger partial charge in [-0.25, -0.2) is 0 Å². The molecule has 4 nitrogen and oxygen atoms in total. The molecule has 0 bridgehead atoms. The van der Waals surface area contributed by atoms with E-state index in [2.05, 4.69) is 457 Å². The second-order valence-corrected chi connectivity index (χ2v) is 31.8. The van der Waals surface area contributed by atoms with Crippen molar-refractivity contribution in [2.45, 2.75) is 24.7 Å². The topological polar surface area (TPSA) is 19.7 Å². The van der Waals surface area contributed by atoms with Crippen LogP contribution in [-0.4, -0.2) is 18.3 Å². The highest BCUT2D eigenvalue weighted by molar-refractivity contribution is 6.16. The van der Waals surface area contributed by atoms with Crippen molar-refractivity contribution in [3.63, 3.8) is 0 Å². The molecule has 0 unspecified atom stereocenters. The van der Waals surface area contributed by atoms with Crippen LogP contribution in [0.25, 0.3) is 177 Å². The molecule has 0 fully saturated rings. The van der Waals surface area contributed by atoms with E-state index in [-0.39, 0.29) is 5.41 Å². The predicted molar refractivity (Wildman–Crippen MR) is 487 cm³/mol. The van der Waals surface area contributed by atoms with Crippen molar-refractivity contribution >= 4 is 87.2 Å². The van der Waals surface area contributed by atoms with Crippen LogP contribution in [0.3, 0.4) is 0 Å². The van der Waals surface area contributed by atoms with Crippen LogP contribution in [0, 0.1) is 0 Å². The summed E-state index contributed by atoms with van der Waals surface area (Å²) in [7, 11) is 0. The summed E-state index contributed by atoms with van der Waals surface area (Å²) in [6.07, 6.45) is 0. The number of fused-ring (bicyclic) bond motifs is 18. The molecule has 0 spiro atoms. The first-order chi connectivity index (χ1) is 57.3. The molecule has 0 N–H and O–H groups in total. The molecule has 544 valence electrons. The first-order valence-corrected chi connectivity index (χ1v) is 40.4. The average molecular weight is 1480 g/mol. The molecule has 0 saturated carbocycles. The van der Waals surface area contributed by atoms with E-state index in [1.54, 1.807) is 0 Å². The molecular weight excluding hydrogens is 1400 g/mol. The molecule has 22 aromatic rings. The maximum Gasteiger partial charge on any atom is 0.0734 e. The van der Waals surface area contributed by atoms with Crippen LogP contribution in [0.2, 0.25) is 0 Å². The summed E-state index contributed by atoms with van der Waals surface area (Å²) in [5.74, 6) is 0. The second-order valence-electron chi connectivity index (χ2n) is 31.8. The van der Waals surface area contributed by atoms with Gasteiger partial charge in [0.15, 0.2) is 0 Å². The lowest BCUT2D eigenvalue weighted by atomic mass is 9.67. The number of nitrogens with zero attached hydrogens (tertiary/aromatic N) is 4. The number of hydrogen-bond acceptors (Lipinski definition) is 0. The molecule has 4 aromatic heterocycles. The Morgan fingerprint density at radius 1 is 0.181 bits per heavy atom. The zero-order valence-electron chi connectivity index (χ0n) is 64.2. The minimum Gasteiger partial charge on any atom is -0.309 e. The molecule has 116 heavy (non-hydrogen) atoms. The summed E-state index contributed by atoms with van der Waals surface area (Å²) in [6.45, 7) is 4.75. The molecule has 18 aromatic carbocycles. The Labute approximate surface area is 673 Å². The van der Waals surface area contributed by atoms with Crippen molar-refractivity contribution in [2.75, 3.05) is 0 Å². The number of benzene rings is 18. The standard InChI is InChI=1S/C61H40N2.C51H36N2/c1-4-18-41(19-5-1)42-20-16-25-47(38-42)62-55-31-14-11-27-49(55)52-39-43(34-36-57(52)62)44-35-37-58-53(40-44)50-28-12-15-32-56(50)63(58)59-33-17-29-51-48-26-10-13-30-54(48)61(60(51)59,45-21-6-2-7-22-45)46-23-8-3-9-24-46;1-51(2)44-22-9-6-18-38(44)41-21-13-25-49(50(41)51)53-46-24-11-8-20-40(46)43-32-36(27-29-48(43)53)35-26-28-47-42(31-35)39-19-7-10-23-45(39)52(47)37-17-12-16-34(30-37)33-14-4-3-5-15-33/h1-40H;3-32H,1-2H3. The van der Waals surface area contributed by atoms with Gasteiger partial charge in [-0.1, -0.05) is 329 Å². The monoisotopic (exact) mass is 1480 g/mol. The van der Waals surface area contributed by atoms with E-state index in [1.165, 1.54) is 204 Å². The molecule has 24 rings (SSSR count). The molecule has 2 aliphatic rings. The second kappa shape index (κ2) is 26.4. The Balaban J connectivity index is 0.000000139. The lowest BCUT2D eigenvalue weighted by molar-refractivity contribution is 0.656. The molecule has 0 saturated heterocycles. The van der Waals surface area contributed by atoms with Gasteiger partial charge in [0, 0.05) is 65.4 Å². The Hall–Kier alpha value is -14.8. The maximum atomic E-state index is 2.53. The summed E-state index contributed by atoms with van der Waals surface area (Å²) in [5.41, 5.74) is 36.7. The van der Waals surface area contributed by atoms with Gasteiger partial charge in [0.05, 0.1) is 60.9 Å². The molecule has 0 atom stereocenters. The van der Waals surface area contributed by atoms with Crippen LogP contribution in [0.15, 0.2) is 425 Å². The lowest BCUT2D eigenvalue weighted by Gasteiger charge is -2.35. The lowest BCUT2D eigenvalue weighted by Crippen LogP contribution is -2.29. The van der Waals surface area contributed by atoms with Crippen molar-refractivity contribution in [1.29, 1.82) is 0 Å². The fraction of sp³-hybridized carbons (Fsp3) is 0.0357. The van der Waals surface area contributed by atoms with Gasteiger partial charge in [-0.3, -0.25) is 0 Å². The summed E-state index contributed by atoms with van der Waals surface area (Å²) in [5, 5.41) is 10.0. The fourth-order valence-electron chi connectivity index (χ4n) is 20.3. The van der Waals surface area contributed by atoms with Crippen molar-refractivity contribution in [3.05, 3.63) is 458 Å². The van der Waals surface area contributed by atoms with E-state index in [1.807, 2.05) is 0 Å². The minimum absolute atomic E-state index is 0.113. The van der Waals surface area contributed by atoms with Gasteiger partial charge >= 0.3 is 0 Å². The Kier molecular flexibility index (Phi) is 15.2. The number of rotatable bonds is 10. The van der Waals surface area contributed by atoms with Gasteiger partial charge in [0.1, 0.15) is 0 Å². The van der Waals surface area contributed by atoms with Gasteiger partial charge < -0.3 is 18.3 Å². The Morgan fingerprint density at radius 2 is 0.466 bits per heavy atom. The fourth-order valence-corrected chi connectivity index (χ4v) is 20.3. The molecule has 4 heterocycles. The van der Waals surface area contributed by atoms with Crippen molar-refractivity contribution in [2.24, 2.45) is 0 Å². The van der Waals surface area contributed by atoms with Crippen molar-refractivity contribution in [3.8, 4) is 89.5 Å². The van der Waals surface area contributed by atoms with Crippen LogP contribution in [0.1, 0.15) is 47.2 Å². The van der Waals surface area contributed by atoms with E-state index in [9.17, 15) is 0 Å². The van der Waals surface area contributed by atoms with Crippen molar-refractivity contribution < 1.29 is 0 Å². The van der Waals surface area contributed by atoms with E-state index >= 15 is 0 Å². The maximum absolute atomic E-state index is 2.53. The quantitative estimate of drug-likeness (QED) is 0.130. The predicted octanol–water partition coefficient (Wildman–Crippen LogP) is 29.1. The first kappa shape index (κ1) is 66.9. The summed E-state index contributed by atoms with van der Waals surface area (Å²) in [4.78, 5) is 0. The average Bonchev–Trinajstić information content (AvgIpc) is 1.52. The van der Waals surface area contributed by atoms with Gasteiger partial charge in [0.2, 0.25) is 0 Å². The number of aromatic nitrogens is 4. The molecular formula is C112H76N4. The van der Waals surface area contributed by atoms with Crippen LogP contribution in [0.4, 0.5) is 0 Å². The van der Waals surface area contributed by atoms with E-state index in [0.29, 0.717) is 0 Å². The third kappa shape index (κ3) is 10.1. The van der Waals surface area contributed by atoms with Gasteiger partial charge in [-0.15, -0.1) is 0 Å². The van der Waals surface area contributed by atoms with E-state index in [4.69, 9.17) is 0 Å². The summed E-state index contributed by atoms with van der Waals surface area (Å²) in [6, 6.07) is 157. The molecule has 4 heteroatoms. The largest absolute Gasteiger partial charge is 0.309 e. The zero-order valence-corrected chi connectivity index (χ0v) is 64.2. The summed E-state index contributed by atoms with van der Waals surface area (Å²) < 4.78 is 9.86. The molecule has 2 aliphatic carbocycles. The Morgan fingerprint density at radius 3 is 0.888 bits per heavy atom. The third-order valence-corrected chi connectivity index (χ3v) is 25.3. The third-order valence-electron chi connectivity index (χ3n) is 25.3. The number of para-hydroxylation sites is 4. The van der Waals surface area contributed by atoms with Gasteiger partial charge in [-0.2, -0.15) is 0 Å². The van der Waals surface area contributed by atoms with Gasteiger partial charge in [0.25, 0.3) is 0 Å². The highest BCUT2D eigenvalue weighted by atomic mass is 15.0. The van der Waals surface area contributed by atoms with Crippen LogP contribution in [-0.2, 0) is 10.8 Å². The van der Waals surface area contributed by atoms with E-state index < -0.39 is 5.41 Å². The highest BCUT2D eigenvalue weighted by Crippen LogP contribution is 2.59. The minimum atomic E-state index is -0.528. The van der Waals surface area contributed by atoms with Crippen LogP contribution < -0.4 is 0 Å². The summed E-state index contributed by atoms with van der Waals surface area (Å²) >= 11 is 0. The highest BCUT2D eigenvalue weighted by Gasteiger charge is 2.48. The normalized spacial score (nSPS) is 13.1. The molecule has 0 amide bonds. The van der Waals surface area contributed by atoms with Crippen molar-refractivity contribution in [1.82, 2.24) is 18.3 Å². The first-order valence-electron chi connectivity index (χ1n) is 40.4. The van der Waals surface area contributed by atoms with Gasteiger partial charge in [-0.05, 0) is 204 Å². The molecule has 0 radical (unpaired) electrons. The number of hydrogen-bond donors (Lipinski definition) is 0. The molecule has 0 aliphatic heterocycles. The Bertz CT molecular complexity index is 7680.